The summed E-state index contributed by atoms with van der Waals surface area (Å²) in [5, 5.41) is 10.8. The maximum Gasteiger partial charge on any atom is 0.286 e. The number of carbonyl (C=O) groups is 2. The third kappa shape index (κ3) is 6.24. The van der Waals surface area contributed by atoms with Crippen LogP contribution >= 0.6 is 11.8 Å². The summed E-state index contributed by atoms with van der Waals surface area (Å²) in [4.78, 5) is 23.0. The molecule has 0 saturated carbocycles. The van der Waals surface area contributed by atoms with Gasteiger partial charge in [-0.2, -0.15) is 0 Å². The molecule has 1 saturated heterocycles. The summed E-state index contributed by atoms with van der Waals surface area (Å²) in [7, 11) is 1.65. The van der Waals surface area contributed by atoms with Gasteiger partial charge < -0.3 is 14.6 Å². The van der Waals surface area contributed by atoms with E-state index < -0.39 is 0 Å². The third-order valence-electron chi connectivity index (χ3n) is 5.11. The maximum atomic E-state index is 11.7. The second-order valence-corrected chi connectivity index (χ2v) is 8.41. The number of ether oxygens (including phenoxy) is 2. The smallest absolute Gasteiger partial charge is 0.286 e. The number of aliphatic hydroxyl groups is 1. The molecule has 1 aliphatic heterocycles. The molecule has 0 bridgehead atoms. The lowest BCUT2D eigenvalue weighted by molar-refractivity contribution is -0.118. The van der Waals surface area contributed by atoms with Crippen molar-refractivity contribution in [3.8, 4) is 11.5 Å². The third-order valence-corrected chi connectivity index (χ3v) is 6.09. The topological polar surface area (TPSA) is 84.9 Å². The van der Waals surface area contributed by atoms with Crippen LogP contribution < -0.4 is 14.8 Å². The number of hydrogen-bond donors (Lipinski definition) is 2. The highest BCUT2D eigenvalue weighted by Crippen LogP contribution is 2.27. The minimum absolute atomic E-state index is 0.195. The van der Waals surface area contributed by atoms with E-state index >= 15 is 0 Å². The first-order valence-corrected chi connectivity index (χ1v) is 10.9. The minimum atomic E-state index is -0.366. The average Bonchev–Trinajstić information content (AvgIpc) is 3.08. The Morgan fingerprint density at radius 3 is 2.33 bits per heavy atom. The Balaban J connectivity index is 1.58. The number of imide groups is 1. The van der Waals surface area contributed by atoms with Gasteiger partial charge in [0.25, 0.3) is 5.24 Å². The predicted octanol–water partition coefficient (Wildman–Crippen LogP) is 3.91. The minimum Gasteiger partial charge on any atom is -0.497 e. The van der Waals surface area contributed by atoms with Crippen LogP contribution in [0.25, 0.3) is 0 Å². The Kier molecular flexibility index (Phi) is 8.16. The fourth-order valence-electron chi connectivity index (χ4n) is 3.39. The lowest BCUT2D eigenvalue weighted by atomic mass is 9.94. The molecule has 6 nitrogen and oxygen atoms in total. The van der Waals surface area contributed by atoms with E-state index in [4.69, 9.17) is 14.6 Å². The Morgan fingerprint density at radius 1 is 1.03 bits per heavy atom. The molecule has 1 aliphatic rings. The van der Waals surface area contributed by atoms with Crippen molar-refractivity contribution in [2.45, 2.75) is 36.9 Å². The summed E-state index contributed by atoms with van der Waals surface area (Å²) in [6.45, 7) is 0.729. The van der Waals surface area contributed by atoms with Gasteiger partial charge in [-0.1, -0.05) is 42.4 Å². The lowest BCUT2D eigenvalue weighted by Crippen LogP contribution is -2.25. The number of aliphatic hydroxyl groups excluding tert-OH is 1. The molecule has 1 fully saturated rings. The van der Waals surface area contributed by atoms with Gasteiger partial charge in [-0.25, -0.2) is 0 Å². The summed E-state index contributed by atoms with van der Waals surface area (Å²) in [6.07, 6.45) is 3.14. The normalized spacial score (nSPS) is 16.9. The van der Waals surface area contributed by atoms with Gasteiger partial charge in [-0.3, -0.25) is 14.9 Å². The Bertz CT molecular complexity index is 838. The zero-order valence-corrected chi connectivity index (χ0v) is 17.8. The molecule has 30 heavy (non-hydrogen) atoms. The first-order chi connectivity index (χ1) is 14.6. The number of amides is 2. The first kappa shape index (κ1) is 22.2. The average molecular weight is 430 g/mol. The zero-order chi connectivity index (χ0) is 21.3. The summed E-state index contributed by atoms with van der Waals surface area (Å²) in [5.74, 6) is 1.57. The van der Waals surface area contributed by atoms with Crippen molar-refractivity contribution in [1.82, 2.24) is 5.32 Å². The van der Waals surface area contributed by atoms with Crippen LogP contribution in [0.15, 0.2) is 48.5 Å². The number of rotatable bonds is 11. The van der Waals surface area contributed by atoms with Crippen LogP contribution in [0, 0.1) is 0 Å². The summed E-state index contributed by atoms with van der Waals surface area (Å²) in [5.41, 5.74) is 2.17. The zero-order valence-electron chi connectivity index (χ0n) is 17.0. The van der Waals surface area contributed by atoms with Crippen molar-refractivity contribution in [2.75, 3.05) is 20.3 Å². The van der Waals surface area contributed by atoms with Gasteiger partial charge >= 0.3 is 0 Å². The number of thioether (sulfide) groups is 1. The second-order valence-electron chi connectivity index (χ2n) is 7.23. The van der Waals surface area contributed by atoms with Gasteiger partial charge in [0.15, 0.2) is 0 Å². The summed E-state index contributed by atoms with van der Waals surface area (Å²) >= 11 is 1.04. The van der Waals surface area contributed by atoms with E-state index in [-0.39, 0.29) is 28.9 Å². The van der Waals surface area contributed by atoms with Crippen LogP contribution in [0.3, 0.4) is 0 Å². The van der Waals surface area contributed by atoms with Gasteiger partial charge in [-0.05, 0) is 54.7 Å². The molecule has 0 aromatic heterocycles. The molecule has 2 N–H and O–H groups in total. The number of methoxy groups -OCH3 is 1. The second kappa shape index (κ2) is 11.0. The lowest BCUT2D eigenvalue weighted by Gasteiger charge is -2.19. The van der Waals surface area contributed by atoms with Crippen molar-refractivity contribution in [3.05, 3.63) is 59.7 Å². The van der Waals surface area contributed by atoms with Crippen molar-refractivity contribution in [2.24, 2.45) is 0 Å². The molecule has 160 valence electrons. The molecule has 2 unspecified atom stereocenters. The SMILES string of the molecule is COc1ccc(C(CCCCO)COc2ccc(CC3SC(=O)NC3=O)cc2)cc1. The molecule has 2 amide bonds. The predicted molar refractivity (Wildman–Crippen MR) is 117 cm³/mol. The number of benzene rings is 2. The van der Waals surface area contributed by atoms with Crippen molar-refractivity contribution in [1.29, 1.82) is 0 Å². The maximum absolute atomic E-state index is 11.7. The molecule has 3 rings (SSSR count). The highest BCUT2D eigenvalue weighted by atomic mass is 32.2. The standard InChI is InChI=1S/C23H27NO5S/c1-28-19-11-7-17(8-12-19)18(4-2-3-13-25)15-29-20-9-5-16(6-10-20)14-21-22(26)24-23(27)30-21/h5-12,18,21,25H,2-4,13-15H2,1H3,(H,24,26,27). The van der Waals surface area contributed by atoms with Crippen LogP contribution in [0.4, 0.5) is 4.79 Å². The fourth-order valence-corrected chi connectivity index (χ4v) is 4.24. The van der Waals surface area contributed by atoms with Gasteiger partial charge in [0, 0.05) is 12.5 Å². The van der Waals surface area contributed by atoms with E-state index in [1.54, 1.807) is 7.11 Å². The first-order valence-electron chi connectivity index (χ1n) is 10.1. The van der Waals surface area contributed by atoms with Gasteiger partial charge in [0.1, 0.15) is 11.5 Å². The molecule has 1 heterocycles. The van der Waals surface area contributed by atoms with Gasteiger partial charge in [-0.15, -0.1) is 0 Å². The van der Waals surface area contributed by atoms with E-state index in [9.17, 15) is 9.59 Å². The molecule has 2 aromatic carbocycles. The van der Waals surface area contributed by atoms with Crippen molar-refractivity contribution < 1.29 is 24.2 Å². The van der Waals surface area contributed by atoms with Gasteiger partial charge in [0.2, 0.25) is 5.91 Å². The Hall–Kier alpha value is -2.51. The largest absolute Gasteiger partial charge is 0.497 e. The highest BCUT2D eigenvalue weighted by Gasteiger charge is 2.31. The summed E-state index contributed by atoms with van der Waals surface area (Å²) < 4.78 is 11.3. The van der Waals surface area contributed by atoms with Crippen LogP contribution in [-0.4, -0.2) is 41.8 Å². The fraction of sp³-hybridized carbons (Fsp3) is 0.391. The molecule has 2 aromatic rings. The number of nitrogens with one attached hydrogen (secondary N) is 1. The van der Waals surface area contributed by atoms with Crippen LogP contribution in [0.1, 0.15) is 36.3 Å². The molecule has 0 aliphatic carbocycles. The quantitative estimate of drug-likeness (QED) is 0.527. The van der Waals surface area contributed by atoms with Crippen molar-refractivity contribution >= 4 is 22.9 Å². The number of carbonyl (C=O) groups excluding carboxylic acids is 2. The van der Waals surface area contributed by atoms with E-state index in [0.717, 1.165) is 48.1 Å². The van der Waals surface area contributed by atoms with Gasteiger partial charge in [0.05, 0.1) is 19.0 Å². The molecular formula is C23H27NO5S. The molecule has 7 heteroatoms. The highest BCUT2D eigenvalue weighted by molar-refractivity contribution is 8.15. The Labute approximate surface area is 181 Å². The van der Waals surface area contributed by atoms with E-state index in [2.05, 4.69) is 17.4 Å². The van der Waals surface area contributed by atoms with E-state index in [1.807, 2.05) is 36.4 Å². The molecular weight excluding hydrogens is 402 g/mol. The summed E-state index contributed by atoms with van der Waals surface area (Å²) in [6, 6.07) is 15.7. The molecule has 0 spiro atoms. The van der Waals surface area contributed by atoms with E-state index in [1.165, 1.54) is 5.56 Å². The van der Waals surface area contributed by atoms with E-state index in [0.29, 0.717) is 13.0 Å². The molecule has 0 radical (unpaired) electrons. The van der Waals surface area contributed by atoms with Crippen LogP contribution in [0.5, 0.6) is 11.5 Å². The monoisotopic (exact) mass is 429 g/mol. The number of hydrogen-bond acceptors (Lipinski definition) is 6. The van der Waals surface area contributed by atoms with Crippen molar-refractivity contribution in [3.63, 3.8) is 0 Å². The van der Waals surface area contributed by atoms with Crippen LogP contribution in [-0.2, 0) is 11.2 Å². The van der Waals surface area contributed by atoms with Crippen LogP contribution in [0.2, 0.25) is 0 Å². The number of unbranched alkanes of at least 4 members (excludes halogenated alkanes) is 1. The molecule has 2 atom stereocenters. The Morgan fingerprint density at radius 2 is 1.73 bits per heavy atom.